The SMILES string of the molecule is COc1ccc(C(N)CC=O)cn1. The monoisotopic (exact) mass is 180 g/mol. The molecule has 13 heavy (non-hydrogen) atoms. The van der Waals surface area contributed by atoms with Crippen LogP contribution >= 0.6 is 0 Å². The van der Waals surface area contributed by atoms with Gasteiger partial charge in [0.15, 0.2) is 0 Å². The topological polar surface area (TPSA) is 65.2 Å². The van der Waals surface area contributed by atoms with Crippen molar-refractivity contribution < 1.29 is 9.53 Å². The molecule has 0 radical (unpaired) electrons. The quantitative estimate of drug-likeness (QED) is 0.692. The zero-order valence-electron chi connectivity index (χ0n) is 7.43. The van der Waals surface area contributed by atoms with Crippen LogP contribution in [0.1, 0.15) is 18.0 Å². The largest absolute Gasteiger partial charge is 0.481 e. The van der Waals surface area contributed by atoms with Crippen molar-refractivity contribution in [3.8, 4) is 5.88 Å². The molecule has 1 atom stereocenters. The Morgan fingerprint density at radius 3 is 2.92 bits per heavy atom. The smallest absolute Gasteiger partial charge is 0.212 e. The number of nitrogens with zero attached hydrogens (tertiary/aromatic N) is 1. The van der Waals surface area contributed by atoms with E-state index in [-0.39, 0.29) is 6.04 Å². The molecule has 0 amide bonds. The number of nitrogens with two attached hydrogens (primary N) is 1. The van der Waals surface area contributed by atoms with Gasteiger partial charge in [-0.15, -0.1) is 0 Å². The van der Waals surface area contributed by atoms with Crippen molar-refractivity contribution in [2.24, 2.45) is 5.73 Å². The number of methoxy groups -OCH3 is 1. The number of pyridine rings is 1. The van der Waals surface area contributed by atoms with E-state index in [0.29, 0.717) is 12.3 Å². The van der Waals surface area contributed by atoms with Gasteiger partial charge in [0.25, 0.3) is 0 Å². The van der Waals surface area contributed by atoms with Gasteiger partial charge < -0.3 is 15.3 Å². The zero-order valence-corrected chi connectivity index (χ0v) is 7.43. The third-order valence-electron chi connectivity index (χ3n) is 1.75. The van der Waals surface area contributed by atoms with Crippen LogP contribution in [-0.2, 0) is 4.79 Å². The Balaban J connectivity index is 2.73. The minimum atomic E-state index is -0.268. The molecule has 1 unspecified atom stereocenters. The summed E-state index contributed by atoms with van der Waals surface area (Å²) in [5.74, 6) is 0.544. The molecular weight excluding hydrogens is 168 g/mol. The molecule has 2 N–H and O–H groups in total. The number of ether oxygens (including phenoxy) is 1. The summed E-state index contributed by atoms with van der Waals surface area (Å²) in [7, 11) is 1.55. The second-order valence-electron chi connectivity index (χ2n) is 2.64. The first-order valence-corrected chi connectivity index (χ1v) is 3.97. The van der Waals surface area contributed by atoms with Crippen LogP contribution in [0.25, 0.3) is 0 Å². The molecule has 0 bridgehead atoms. The lowest BCUT2D eigenvalue weighted by atomic mass is 10.1. The highest BCUT2D eigenvalue weighted by molar-refractivity contribution is 5.51. The fourth-order valence-corrected chi connectivity index (χ4v) is 0.972. The lowest BCUT2D eigenvalue weighted by Gasteiger charge is -2.07. The molecule has 1 aromatic heterocycles. The molecule has 0 aliphatic heterocycles. The lowest BCUT2D eigenvalue weighted by Crippen LogP contribution is -2.10. The van der Waals surface area contributed by atoms with E-state index in [2.05, 4.69) is 4.98 Å². The van der Waals surface area contributed by atoms with Gasteiger partial charge >= 0.3 is 0 Å². The van der Waals surface area contributed by atoms with Crippen LogP contribution in [0.4, 0.5) is 0 Å². The van der Waals surface area contributed by atoms with Gasteiger partial charge in [-0.2, -0.15) is 0 Å². The maximum atomic E-state index is 10.2. The summed E-state index contributed by atoms with van der Waals surface area (Å²) in [6.07, 6.45) is 2.73. The second kappa shape index (κ2) is 4.57. The van der Waals surface area contributed by atoms with Crippen molar-refractivity contribution in [2.45, 2.75) is 12.5 Å². The summed E-state index contributed by atoms with van der Waals surface area (Å²) < 4.78 is 4.89. The van der Waals surface area contributed by atoms with Gasteiger partial charge in [0.2, 0.25) is 5.88 Å². The first-order valence-electron chi connectivity index (χ1n) is 3.97. The average Bonchev–Trinajstić information content (AvgIpc) is 2.18. The third kappa shape index (κ3) is 2.52. The van der Waals surface area contributed by atoms with Crippen LogP contribution in [0.2, 0.25) is 0 Å². The van der Waals surface area contributed by atoms with E-state index in [1.165, 1.54) is 0 Å². The molecular formula is C9H12N2O2. The summed E-state index contributed by atoms with van der Waals surface area (Å²) in [5.41, 5.74) is 6.53. The molecule has 1 aromatic rings. The number of hydrogen-bond donors (Lipinski definition) is 1. The highest BCUT2D eigenvalue weighted by atomic mass is 16.5. The molecule has 4 nitrogen and oxygen atoms in total. The number of carbonyl (C=O) groups is 1. The molecule has 4 heteroatoms. The van der Waals surface area contributed by atoms with Gasteiger partial charge in [-0.1, -0.05) is 6.07 Å². The molecule has 0 aliphatic rings. The first-order chi connectivity index (χ1) is 6.27. The summed E-state index contributed by atoms with van der Waals surface area (Å²) in [6, 6.07) is 3.26. The van der Waals surface area contributed by atoms with Gasteiger partial charge in [-0.25, -0.2) is 4.98 Å². The van der Waals surface area contributed by atoms with E-state index in [0.717, 1.165) is 11.8 Å². The number of aromatic nitrogens is 1. The molecule has 1 rings (SSSR count). The Bertz CT molecular complexity index is 271. The Morgan fingerprint density at radius 1 is 1.69 bits per heavy atom. The lowest BCUT2D eigenvalue weighted by molar-refractivity contribution is -0.108. The normalized spacial score (nSPS) is 12.2. The fourth-order valence-electron chi connectivity index (χ4n) is 0.972. The van der Waals surface area contributed by atoms with Crippen molar-refractivity contribution in [1.29, 1.82) is 0 Å². The highest BCUT2D eigenvalue weighted by Gasteiger charge is 2.05. The molecule has 0 aliphatic carbocycles. The van der Waals surface area contributed by atoms with Crippen LogP contribution in [0.5, 0.6) is 5.88 Å². The van der Waals surface area contributed by atoms with E-state index in [1.807, 2.05) is 0 Å². The van der Waals surface area contributed by atoms with Gasteiger partial charge in [-0.05, 0) is 5.56 Å². The van der Waals surface area contributed by atoms with E-state index in [1.54, 1.807) is 25.4 Å². The number of hydrogen-bond acceptors (Lipinski definition) is 4. The fraction of sp³-hybridized carbons (Fsp3) is 0.333. The van der Waals surface area contributed by atoms with Crippen molar-refractivity contribution in [1.82, 2.24) is 4.98 Å². The van der Waals surface area contributed by atoms with Crippen LogP contribution < -0.4 is 10.5 Å². The predicted molar refractivity (Wildman–Crippen MR) is 48.4 cm³/mol. The van der Waals surface area contributed by atoms with Gasteiger partial charge in [0.05, 0.1) is 7.11 Å². The van der Waals surface area contributed by atoms with Crippen LogP contribution in [0.3, 0.4) is 0 Å². The molecule has 1 heterocycles. The van der Waals surface area contributed by atoms with Crippen molar-refractivity contribution in [3.05, 3.63) is 23.9 Å². The third-order valence-corrected chi connectivity index (χ3v) is 1.75. The summed E-state index contributed by atoms with van der Waals surface area (Å²) >= 11 is 0. The number of carbonyl (C=O) groups excluding carboxylic acids is 1. The highest BCUT2D eigenvalue weighted by Crippen LogP contribution is 2.14. The van der Waals surface area contributed by atoms with Crippen molar-refractivity contribution >= 4 is 6.29 Å². The molecule has 0 fully saturated rings. The average molecular weight is 180 g/mol. The second-order valence-corrected chi connectivity index (χ2v) is 2.64. The predicted octanol–water partition coefficient (Wildman–Crippen LogP) is 0.679. The molecule has 0 spiro atoms. The van der Waals surface area contributed by atoms with E-state index < -0.39 is 0 Å². The summed E-state index contributed by atoms with van der Waals surface area (Å²) in [6.45, 7) is 0. The van der Waals surface area contributed by atoms with Gasteiger partial charge in [-0.3, -0.25) is 0 Å². The van der Waals surface area contributed by atoms with Crippen molar-refractivity contribution in [3.63, 3.8) is 0 Å². The molecule has 0 saturated carbocycles. The molecule has 0 aromatic carbocycles. The summed E-state index contributed by atoms with van der Waals surface area (Å²) in [4.78, 5) is 14.2. The summed E-state index contributed by atoms with van der Waals surface area (Å²) in [5, 5.41) is 0. The Labute approximate surface area is 76.7 Å². The minimum Gasteiger partial charge on any atom is -0.481 e. The number of aldehydes is 1. The van der Waals surface area contributed by atoms with Gasteiger partial charge in [0.1, 0.15) is 6.29 Å². The minimum absolute atomic E-state index is 0.268. The Kier molecular flexibility index (Phi) is 3.40. The van der Waals surface area contributed by atoms with Gasteiger partial charge in [0, 0.05) is 24.7 Å². The maximum absolute atomic E-state index is 10.2. The van der Waals surface area contributed by atoms with Crippen LogP contribution in [0.15, 0.2) is 18.3 Å². The maximum Gasteiger partial charge on any atom is 0.212 e. The Hall–Kier alpha value is -1.42. The molecule has 70 valence electrons. The van der Waals surface area contributed by atoms with E-state index >= 15 is 0 Å². The zero-order chi connectivity index (χ0) is 9.68. The van der Waals surface area contributed by atoms with E-state index in [9.17, 15) is 4.79 Å². The Morgan fingerprint density at radius 2 is 2.46 bits per heavy atom. The first kappa shape index (κ1) is 9.67. The van der Waals surface area contributed by atoms with Crippen LogP contribution in [-0.4, -0.2) is 18.4 Å². The van der Waals surface area contributed by atoms with Crippen LogP contribution in [0, 0.1) is 0 Å². The molecule has 0 saturated heterocycles. The van der Waals surface area contributed by atoms with Crippen molar-refractivity contribution in [2.75, 3.05) is 7.11 Å². The number of rotatable bonds is 4. The standard InChI is InChI=1S/C9H12N2O2/c1-13-9-3-2-7(6-11-9)8(10)4-5-12/h2-3,5-6,8H,4,10H2,1H3. The van der Waals surface area contributed by atoms with E-state index in [4.69, 9.17) is 10.5 Å².